The molecule has 5 heteroatoms. The molecule has 0 radical (unpaired) electrons. The van der Waals surface area contributed by atoms with Gasteiger partial charge < -0.3 is 10.4 Å². The highest BCUT2D eigenvalue weighted by Crippen LogP contribution is 2.22. The predicted molar refractivity (Wildman–Crippen MR) is 76.0 cm³/mol. The summed E-state index contributed by atoms with van der Waals surface area (Å²) in [7, 11) is 0. The zero-order valence-electron chi connectivity index (χ0n) is 11.8. The van der Waals surface area contributed by atoms with E-state index in [-0.39, 0.29) is 11.7 Å². The minimum absolute atomic E-state index is 0.127. The largest absolute Gasteiger partial charge is 0.480 e. The molecule has 1 atom stereocenters. The third-order valence-corrected chi connectivity index (χ3v) is 3.42. The molecule has 1 heterocycles. The van der Waals surface area contributed by atoms with Crippen molar-refractivity contribution < 1.29 is 14.7 Å². The van der Waals surface area contributed by atoms with Crippen molar-refractivity contribution in [2.24, 2.45) is 5.92 Å². The van der Waals surface area contributed by atoms with Crippen LogP contribution in [-0.2, 0) is 11.2 Å². The van der Waals surface area contributed by atoms with Crippen molar-refractivity contribution in [3.63, 3.8) is 0 Å². The molecule has 0 amide bonds. The molecule has 0 spiro atoms. The number of anilines is 1. The Bertz CT molecular complexity index is 526. The Morgan fingerprint density at radius 1 is 1.40 bits per heavy atom. The fourth-order valence-electron chi connectivity index (χ4n) is 2.45. The number of carbonyl (C=O) groups excluding carboxylic acids is 1. The number of rotatable bonds is 5. The number of aliphatic carboxylic acids is 1. The van der Waals surface area contributed by atoms with Gasteiger partial charge in [0.05, 0.1) is 5.69 Å². The number of nitrogens with one attached hydrogen (secondary N) is 1. The number of pyridine rings is 1. The van der Waals surface area contributed by atoms with Gasteiger partial charge >= 0.3 is 5.97 Å². The highest BCUT2D eigenvalue weighted by Gasteiger charge is 2.22. The van der Waals surface area contributed by atoms with Crippen molar-refractivity contribution in [3.05, 3.63) is 23.4 Å². The first kappa shape index (κ1) is 14.5. The van der Waals surface area contributed by atoms with E-state index in [1.54, 1.807) is 12.1 Å². The van der Waals surface area contributed by atoms with Crippen LogP contribution in [0.1, 0.15) is 49.2 Å². The Labute approximate surface area is 118 Å². The summed E-state index contributed by atoms with van der Waals surface area (Å²) in [6.45, 7) is 3.97. The van der Waals surface area contributed by atoms with E-state index in [9.17, 15) is 14.7 Å². The summed E-state index contributed by atoms with van der Waals surface area (Å²) in [6, 6.07) is 2.79. The monoisotopic (exact) mass is 276 g/mol. The molecule has 0 fully saturated rings. The number of carbonyl (C=O) groups is 2. The average molecular weight is 276 g/mol. The number of fused-ring (bicyclic) bond motifs is 1. The van der Waals surface area contributed by atoms with Crippen molar-refractivity contribution in [3.8, 4) is 0 Å². The maximum atomic E-state index is 11.7. The molecule has 1 aliphatic rings. The van der Waals surface area contributed by atoms with Crippen molar-refractivity contribution >= 4 is 17.6 Å². The summed E-state index contributed by atoms with van der Waals surface area (Å²) in [5, 5.41) is 12.2. The molecule has 0 aromatic carbocycles. The number of carboxylic acid groups (broad SMARTS) is 1. The van der Waals surface area contributed by atoms with Crippen LogP contribution in [0, 0.1) is 5.92 Å². The predicted octanol–water partition coefficient (Wildman–Crippen LogP) is 2.51. The summed E-state index contributed by atoms with van der Waals surface area (Å²) in [6.07, 6.45) is 2.70. The van der Waals surface area contributed by atoms with E-state index in [1.807, 2.05) is 13.8 Å². The zero-order valence-corrected chi connectivity index (χ0v) is 11.8. The number of hydrogen-bond acceptors (Lipinski definition) is 4. The lowest BCUT2D eigenvalue weighted by Gasteiger charge is -2.19. The van der Waals surface area contributed by atoms with Crippen LogP contribution < -0.4 is 5.32 Å². The van der Waals surface area contributed by atoms with E-state index in [0.717, 1.165) is 18.5 Å². The molecule has 2 rings (SSSR count). The normalized spacial score (nSPS) is 15.8. The second-order valence-electron chi connectivity index (χ2n) is 5.63. The molecule has 0 saturated carbocycles. The van der Waals surface area contributed by atoms with Crippen molar-refractivity contribution in [2.75, 3.05) is 5.32 Å². The van der Waals surface area contributed by atoms with Gasteiger partial charge in [0.15, 0.2) is 5.78 Å². The van der Waals surface area contributed by atoms with E-state index in [0.29, 0.717) is 24.2 Å². The van der Waals surface area contributed by atoms with Crippen molar-refractivity contribution in [1.82, 2.24) is 4.98 Å². The van der Waals surface area contributed by atoms with Crippen LogP contribution in [0.4, 0.5) is 5.82 Å². The highest BCUT2D eigenvalue weighted by atomic mass is 16.4. The minimum Gasteiger partial charge on any atom is -0.480 e. The smallest absolute Gasteiger partial charge is 0.326 e. The van der Waals surface area contributed by atoms with Crippen LogP contribution in [0.25, 0.3) is 0 Å². The number of carboxylic acids is 1. The Hall–Kier alpha value is -1.91. The average Bonchev–Trinajstić information content (AvgIpc) is 2.37. The van der Waals surface area contributed by atoms with Crippen LogP contribution in [-0.4, -0.2) is 27.9 Å². The van der Waals surface area contributed by atoms with Crippen molar-refractivity contribution in [2.45, 2.75) is 45.6 Å². The van der Waals surface area contributed by atoms with E-state index in [4.69, 9.17) is 0 Å². The van der Waals surface area contributed by atoms with Gasteiger partial charge in [-0.2, -0.15) is 0 Å². The number of Topliss-reactive ketones (excluding diaryl/α,β-unsaturated/α-hetero) is 1. The number of aromatic nitrogens is 1. The van der Waals surface area contributed by atoms with Crippen molar-refractivity contribution in [1.29, 1.82) is 0 Å². The molecule has 5 nitrogen and oxygen atoms in total. The molecule has 108 valence electrons. The lowest BCUT2D eigenvalue weighted by Crippen LogP contribution is -2.31. The first-order chi connectivity index (χ1) is 9.47. The maximum absolute atomic E-state index is 11.7. The molecule has 0 bridgehead atoms. The first-order valence-electron chi connectivity index (χ1n) is 7.00. The Balaban J connectivity index is 2.16. The summed E-state index contributed by atoms with van der Waals surface area (Å²) in [4.78, 5) is 27.4. The topological polar surface area (TPSA) is 79.3 Å². The lowest BCUT2D eigenvalue weighted by atomic mass is 9.95. The quantitative estimate of drug-likeness (QED) is 0.863. The van der Waals surface area contributed by atoms with Gasteiger partial charge in [-0.25, -0.2) is 9.78 Å². The van der Waals surface area contributed by atoms with Gasteiger partial charge in [0.2, 0.25) is 0 Å². The molecular formula is C15H20N2O3. The van der Waals surface area contributed by atoms with Gasteiger partial charge in [-0.3, -0.25) is 4.79 Å². The second kappa shape index (κ2) is 6.03. The summed E-state index contributed by atoms with van der Waals surface area (Å²) in [5.74, 6) is 0.0610. The lowest BCUT2D eigenvalue weighted by molar-refractivity contribution is -0.138. The van der Waals surface area contributed by atoms with E-state index in [1.165, 1.54) is 0 Å². The van der Waals surface area contributed by atoms with Gasteiger partial charge in [0.25, 0.3) is 0 Å². The van der Waals surface area contributed by atoms with Gasteiger partial charge in [-0.1, -0.05) is 13.8 Å². The Morgan fingerprint density at radius 3 is 2.80 bits per heavy atom. The third kappa shape index (κ3) is 3.35. The van der Waals surface area contributed by atoms with E-state index < -0.39 is 12.0 Å². The number of ketones is 1. The van der Waals surface area contributed by atoms with Gasteiger partial charge in [-0.15, -0.1) is 0 Å². The molecule has 2 N–H and O–H groups in total. The fraction of sp³-hybridized carbons (Fsp3) is 0.533. The molecule has 0 aliphatic heterocycles. The summed E-state index contributed by atoms with van der Waals surface area (Å²) < 4.78 is 0. The molecular weight excluding hydrogens is 256 g/mol. The minimum atomic E-state index is -0.880. The van der Waals surface area contributed by atoms with Crippen LogP contribution in [0.3, 0.4) is 0 Å². The van der Waals surface area contributed by atoms with E-state index in [2.05, 4.69) is 10.3 Å². The fourth-order valence-corrected chi connectivity index (χ4v) is 2.45. The standard InChI is InChI=1S/C15H20N2O3/c1-9(2)8-12(15(19)20)17-14-7-6-10-11(16-14)4-3-5-13(10)18/h6-7,9,12H,3-5,8H2,1-2H3,(H,16,17)(H,19,20)/t12-/m1/s1. The molecule has 1 aromatic rings. The molecule has 1 aliphatic carbocycles. The summed E-state index contributed by atoms with van der Waals surface area (Å²) >= 11 is 0. The first-order valence-corrected chi connectivity index (χ1v) is 7.00. The van der Waals surface area contributed by atoms with E-state index >= 15 is 0 Å². The Kier molecular flexibility index (Phi) is 4.37. The molecule has 0 unspecified atom stereocenters. The van der Waals surface area contributed by atoms with Crippen LogP contribution >= 0.6 is 0 Å². The maximum Gasteiger partial charge on any atom is 0.326 e. The molecule has 1 aromatic heterocycles. The number of aryl methyl sites for hydroxylation is 1. The summed E-state index contributed by atoms with van der Waals surface area (Å²) in [5.41, 5.74) is 1.46. The molecule has 0 saturated heterocycles. The van der Waals surface area contributed by atoms with Gasteiger partial charge in [0.1, 0.15) is 11.9 Å². The third-order valence-electron chi connectivity index (χ3n) is 3.42. The molecule has 20 heavy (non-hydrogen) atoms. The van der Waals surface area contributed by atoms with Gasteiger partial charge in [-0.05, 0) is 37.3 Å². The second-order valence-corrected chi connectivity index (χ2v) is 5.63. The van der Waals surface area contributed by atoms with Crippen LogP contribution in [0.5, 0.6) is 0 Å². The SMILES string of the molecule is CC(C)C[C@@H](Nc1ccc2c(n1)CCCC2=O)C(=O)O. The van der Waals surface area contributed by atoms with Gasteiger partial charge in [0, 0.05) is 12.0 Å². The highest BCUT2D eigenvalue weighted by molar-refractivity contribution is 5.98. The van der Waals surface area contributed by atoms with Crippen LogP contribution in [0.2, 0.25) is 0 Å². The number of hydrogen-bond donors (Lipinski definition) is 2. The zero-order chi connectivity index (χ0) is 14.7. The Morgan fingerprint density at radius 2 is 2.15 bits per heavy atom. The van der Waals surface area contributed by atoms with Crippen LogP contribution in [0.15, 0.2) is 12.1 Å². The number of nitrogens with zero attached hydrogens (tertiary/aromatic N) is 1.